The van der Waals surface area contributed by atoms with Crippen LogP contribution in [0.1, 0.15) is 19.1 Å². The maximum atomic E-state index is 11.4. The van der Waals surface area contributed by atoms with Crippen LogP contribution in [-0.4, -0.2) is 34.9 Å². The van der Waals surface area contributed by atoms with Gasteiger partial charge in [-0.2, -0.15) is 0 Å². The first-order chi connectivity index (χ1) is 7.53. The fourth-order valence-electron chi connectivity index (χ4n) is 1.12. The Bertz CT molecular complexity index is 319. The molecule has 0 spiro atoms. The van der Waals surface area contributed by atoms with Crippen LogP contribution in [0.2, 0.25) is 0 Å². The minimum atomic E-state index is -1.26. The maximum Gasteiger partial charge on any atom is 0.220 e. The van der Waals surface area contributed by atoms with Gasteiger partial charge in [0.05, 0.1) is 12.9 Å². The normalized spacial score (nSPS) is 14.4. The second kappa shape index (κ2) is 5.67. The van der Waals surface area contributed by atoms with Gasteiger partial charge < -0.3 is 19.9 Å². The summed E-state index contributed by atoms with van der Waals surface area (Å²) in [4.78, 5) is 11.4. The lowest BCUT2D eigenvalue weighted by atomic mass is 10.1. The minimum Gasteiger partial charge on any atom is -0.469 e. The predicted molar refractivity (Wildman–Crippen MR) is 57.7 cm³/mol. The lowest BCUT2D eigenvalue weighted by Crippen LogP contribution is -2.43. The Labute approximate surface area is 94.1 Å². The molecular weight excluding hydrogens is 210 g/mol. The molecule has 1 aromatic rings. The molecule has 3 N–H and O–H groups in total. The summed E-state index contributed by atoms with van der Waals surface area (Å²) in [5.41, 5.74) is -1.26. The van der Waals surface area contributed by atoms with Crippen LogP contribution in [0.15, 0.2) is 22.8 Å². The van der Waals surface area contributed by atoms with E-state index in [0.29, 0.717) is 12.8 Å². The Balaban J connectivity index is 2.21. The van der Waals surface area contributed by atoms with Crippen molar-refractivity contribution in [3.63, 3.8) is 0 Å². The lowest BCUT2D eigenvalue weighted by molar-refractivity contribution is -0.122. The van der Waals surface area contributed by atoms with Gasteiger partial charge >= 0.3 is 0 Å². The van der Waals surface area contributed by atoms with Crippen LogP contribution < -0.4 is 5.32 Å². The molecule has 1 rings (SSSR count). The molecule has 0 fully saturated rings. The summed E-state index contributed by atoms with van der Waals surface area (Å²) in [5.74, 6) is 0.578. The Morgan fingerprint density at radius 1 is 1.62 bits per heavy atom. The molecule has 1 heterocycles. The van der Waals surface area contributed by atoms with E-state index in [1.807, 2.05) is 0 Å². The summed E-state index contributed by atoms with van der Waals surface area (Å²) < 4.78 is 5.08. The van der Waals surface area contributed by atoms with Gasteiger partial charge in [-0.15, -0.1) is 0 Å². The van der Waals surface area contributed by atoms with Gasteiger partial charge in [-0.05, 0) is 19.1 Å². The Morgan fingerprint density at radius 2 is 2.38 bits per heavy atom. The van der Waals surface area contributed by atoms with Gasteiger partial charge in [0.15, 0.2) is 0 Å². The first-order valence-electron chi connectivity index (χ1n) is 5.16. The number of rotatable bonds is 6. The molecule has 1 aromatic heterocycles. The Kier molecular flexibility index (Phi) is 4.52. The van der Waals surface area contributed by atoms with Gasteiger partial charge in [-0.3, -0.25) is 4.79 Å². The van der Waals surface area contributed by atoms with Gasteiger partial charge in [0.1, 0.15) is 11.4 Å². The van der Waals surface area contributed by atoms with Gasteiger partial charge in [0.25, 0.3) is 0 Å². The van der Waals surface area contributed by atoms with E-state index in [-0.39, 0.29) is 19.1 Å². The van der Waals surface area contributed by atoms with E-state index in [4.69, 9.17) is 9.52 Å². The van der Waals surface area contributed by atoms with Crippen LogP contribution in [-0.2, 0) is 11.2 Å². The zero-order valence-electron chi connectivity index (χ0n) is 9.27. The SMILES string of the molecule is CC(O)(CO)CNC(=O)CCc1ccco1. The third-order valence-electron chi connectivity index (χ3n) is 2.19. The van der Waals surface area contributed by atoms with E-state index in [2.05, 4.69) is 5.32 Å². The third-order valence-corrected chi connectivity index (χ3v) is 2.19. The highest BCUT2D eigenvalue weighted by atomic mass is 16.3. The second-order valence-corrected chi connectivity index (χ2v) is 4.01. The third kappa shape index (κ3) is 4.46. The number of carbonyl (C=O) groups is 1. The molecular formula is C11H17NO4. The van der Waals surface area contributed by atoms with Crippen molar-refractivity contribution in [3.05, 3.63) is 24.2 Å². The van der Waals surface area contributed by atoms with Crippen LogP contribution in [0.25, 0.3) is 0 Å². The van der Waals surface area contributed by atoms with Crippen LogP contribution in [0.4, 0.5) is 0 Å². The van der Waals surface area contributed by atoms with E-state index < -0.39 is 5.60 Å². The number of aliphatic hydroxyl groups excluding tert-OH is 1. The molecule has 1 unspecified atom stereocenters. The minimum absolute atomic E-state index is 0.0422. The molecule has 0 radical (unpaired) electrons. The summed E-state index contributed by atoms with van der Waals surface area (Å²) in [6.07, 6.45) is 2.39. The standard InChI is InChI=1S/C11H17NO4/c1-11(15,8-13)7-12-10(14)5-4-9-3-2-6-16-9/h2-3,6,13,15H,4-5,7-8H2,1H3,(H,12,14). The second-order valence-electron chi connectivity index (χ2n) is 4.01. The zero-order valence-corrected chi connectivity index (χ0v) is 9.27. The van der Waals surface area contributed by atoms with Crippen molar-refractivity contribution < 1.29 is 19.4 Å². The van der Waals surface area contributed by atoms with E-state index in [1.54, 1.807) is 18.4 Å². The molecule has 0 saturated heterocycles. The average molecular weight is 227 g/mol. The molecule has 90 valence electrons. The monoisotopic (exact) mass is 227 g/mol. The van der Waals surface area contributed by atoms with E-state index in [9.17, 15) is 9.90 Å². The largest absolute Gasteiger partial charge is 0.469 e. The Morgan fingerprint density at radius 3 is 2.94 bits per heavy atom. The van der Waals surface area contributed by atoms with Crippen LogP contribution in [0, 0.1) is 0 Å². The van der Waals surface area contributed by atoms with Crippen molar-refractivity contribution in [1.82, 2.24) is 5.32 Å². The highest BCUT2D eigenvalue weighted by molar-refractivity contribution is 5.76. The first-order valence-corrected chi connectivity index (χ1v) is 5.16. The number of hydrogen-bond acceptors (Lipinski definition) is 4. The number of aryl methyl sites for hydroxylation is 1. The molecule has 5 heteroatoms. The topological polar surface area (TPSA) is 82.7 Å². The smallest absolute Gasteiger partial charge is 0.220 e. The van der Waals surface area contributed by atoms with Crippen molar-refractivity contribution >= 4 is 5.91 Å². The number of amides is 1. The number of furan rings is 1. The molecule has 0 aliphatic rings. The molecule has 0 aliphatic heterocycles. The van der Waals surface area contributed by atoms with Gasteiger partial charge in [0.2, 0.25) is 5.91 Å². The number of hydrogen-bond donors (Lipinski definition) is 3. The lowest BCUT2D eigenvalue weighted by Gasteiger charge is -2.20. The molecule has 0 aliphatic carbocycles. The van der Waals surface area contributed by atoms with E-state index in [0.717, 1.165) is 5.76 Å². The summed E-state index contributed by atoms with van der Waals surface area (Å²) in [6, 6.07) is 3.57. The summed E-state index contributed by atoms with van der Waals surface area (Å²) in [7, 11) is 0. The van der Waals surface area contributed by atoms with E-state index in [1.165, 1.54) is 6.92 Å². The van der Waals surface area contributed by atoms with Crippen molar-refractivity contribution in [2.75, 3.05) is 13.2 Å². The zero-order chi connectivity index (χ0) is 12.0. The number of carbonyl (C=O) groups excluding carboxylic acids is 1. The average Bonchev–Trinajstić information content (AvgIpc) is 2.76. The van der Waals surface area contributed by atoms with Crippen molar-refractivity contribution in [2.24, 2.45) is 0 Å². The summed E-state index contributed by atoms with van der Waals surface area (Å²) in [6.45, 7) is 1.12. The highest BCUT2D eigenvalue weighted by Crippen LogP contribution is 2.04. The molecule has 0 aromatic carbocycles. The molecule has 1 amide bonds. The van der Waals surface area contributed by atoms with Crippen LogP contribution >= 0.6 is 0 Å². The van der Waals surface area contributed by atoms with Crippen molar-refractivity contribution in [3.8, 4) is 0 Å². The number of nitrogens with one attached hydrogen (secondary N) is 1. The molecule has 0 bridgehead atoms. The van der Waals surface area contributed by atoms with Gasteiger partial charge in [0, 0.05) is 19.4 Å². The quantitative estimate of drug-likeness (QED) is 0.642. The van der Waals surface area contributed by atoms with Crippen LogP contribution in [0.3, 0.4) is 0 Å². The summed E-state index contributed by atoms with van der Waals surface area (Å²) >= 11 is 0. The van der Waals surface area contributed by atoms with Gasteiger partial charge in [-0.1, -0.05) is 0 Å². The summed E-state index contributed by atoms with van der Waals surface area (Å²) in [5, 5.41) is 20.8. The molecule has 1 atom stereocenters. The van der Waals surface area contributed by atoms with Crippen molar-refractivity contribution in [1.29, 1.82) is 0 Å². The molecule has 5 nitrogen and oxygen atoms in total. The van der Waals surface area contributed by atoms with Crippen LogP contribution in [0.5, 0.6) is 0 Å². The first kappa shape index (κ1) is 12.7. The fourth-order valence-corrected chi connectivity index (χ4v) is 1.12. The molecule has 16 heavy (non-hydrogen) atoms. The highest BCUT2D eigenvalue weighted by Gasteiger charge is 2.19. The van der Waals surface area contributed by atoms with Gasteiger partial charge in [-0.25, -0.2) is 0 Å². The maximum absolute atomic E-state index is 11.4. The molecule has 0 saturated carbocycles. The Hall–Kier alpha value is -1.33. The number of aliphatic hydroxyl groups is 2. The van der Waals surface area contributed by atoms with E-state index >= 15 is 0 Å². The predicted octanol–water partition coefficient (Wildman–Crippen LogP) is 0.0717. The van der Waals surface area contributed by atoms with Crippen molar-refractivity contribution in [2.45, 2.75) is 25.4 Å². The fraction of sp³-hybridized carbons (Fsp3) is 0.545.